The van der Waals surface area contributed by atoms with Gasteiger partial charge in [-0.15, -0.1) is 0 Å². The van der Waals surface area contributed by atoms with Crippen LogP contribution in [-0.2, 0) is 9.53 Å². The Labute approximate surface area is 137 Å². The van der Waals surface area contributed by atoms with E-state index in [0.717, 1.165) is 0 Å². The molecule has 0 amide bonds. The average molecular weight is 318 g/mol. The largest absolute Gasteiger partial charge is 0.454 e. The quantitative estimate of drug-likeness (QED) is 0.628. The van der Waals surface area contributed by atoms with E-state index in [9.17, 15) is 4.79 Å². The van der Waals surface area contributed by atoms with Gasteiger partial charge in [0.05, 0.1) is 11.6 Å². The van der Waals surface area contributed by atoms with Crippen molar-refractivity contribution in [1.29, 1.82) is 5.26 Å². The number of fused-ring (bicyclic) bond motifs is 1. The molecule has 0 N–H and O–H groups in total. The standard InChI is InChI=1S/C18H10N2O4/c19-9-12-3-1-2-11(6-12)7-14-18(21)24-17(20-14)13-4-5-15-16(8-13)23-10-22-15/h1-8H,10H2/b14-7-. The van der Waals surface area contributed by atoms with Gasteiger partial charge < -0.3 is 14.2 Å². The summed E-state index contributed by atoms with van der Waals surface area (Å²) in [5.41, 5.74) is 2.02. The van der Waals surface area contributed by atoms with Gasteiger partial charge in [0.15, 0.2) is 17.2 Å². The number of nitrogens with zero attached hydrogens (tertiary/aromatic N) is 2. The Morgan fingerprint density at radius 2 is 2.00 bits per heavy atom. The number of rotatable bonds is 2. The first-order valence-electron chi connectivity index (χ1n) is 7.16. The number of carbonyl (C=O) groups excluding carboxylic acids is 1. The fraction of sp³-hybridized carbons (Fsp3) is 0.0556. The molecule has 116 valence electrons. The third-order valence-corrected chi connectivity index (χ3v) is 3.56. The molecule has 0 bridgehead atoms. The molecule has 4 rings (SSSR count). The highest BCUT2D eigenvalue weighted by molar-refractivity contribution is 6.13. The number of carbonyl (C=O) groups is 1. The minimum absolute atomic E-state index is 0.172. The summed E-state index contributed by atoms with van der Waals surface area (Å²) in [6.45, 7) is 0.172. The number of benzene rings is 2. The molecule has 24 heavy (non-hydrogen) atoms. The van der Waals surface area contributed by atoms with Gasteiger partial charge in [-0.1, -0.05) is 12.1 Å². The highest BCUT2D eigenvalue weighted by Gasteiger charge is 2.25. The number of hydrogen-bond donors (Lipinski definition) is 0. The van der Waals surface area contributed by atoms with Crippen LogP contribution < -0.4 is 9.47 Å². The van der Waals surface area contributed by atoms with Crippen LogP contribution in [0, 0.1) is 11.3 Å². The van der Waals surface area contributed by atoms with Crippen molar-refractivity contribution in [3.05, 3.63) is 64.9 Å². The van der Waals surface area contributed by atoms with Gasteiger partial charge in [0.25, 0.3) is 0 Å². The molecule has 0 aliphatic carbocycles. The zero-order valence-corrected chi connectivity index (χ0v) is 12.4. The molecule has 0 fully saturated rings. The van der Waals surface area contributed by atoms with Gasteiger partial charge in [0.2, 0.25) is 12.7 Å². The molecule has 2 aromatic rings. The van der Waals surface area contributed by atoms with Gasteiger partial charge >= 0.3 is 5.97 Å². The molecule has 6 nitrogen and oxygen atoms in total. The van der Waals surface area contributed by atoms with E-state index < -0.39 is 5.97 Å². The third kappa shape index (κ3) is 2.48. The second-order valence-electron chi connectivity index (χ2n) is 5.14. The van der Waals surface area contributed by atoms with Crippen molar-refractivity contribution < 1.29 is 19.0 Å². The van der Waals surface area contributed by atoms with Crippen molar-refractivity contribution in [3.8, 4) is 17.6 Å². The molecule has 2 heterocycles. The summed E-state index contributed by atoms with van der Waals surface area (Å²) in [5, 5.41) is 8.93. The third-order valence-electron chi connectivity index (χ3n) is 3.56. The molecule has 0 radical (unpaired) electrons. The Kier molecular flexibility index (Phi) is 3.25. The molecule has 2 aliphatic heterocycles. The monoisotopic (exact) mass is 318 g/mol. The van der Waals surface area contributed by atoms with Crippen LogP contribution in [0.5, 0.6) is 11.5 Å². The zero-order chi connectivity index (χ0) is 16.5. The van der Waals surface area contributed by atoms with Gasteiger partial charge in [-0.25, -0.2) is 9.79 Å². The van der Waals surface area contributed by atoms with Crippen LogP contribution in [0.4, 0.5) is 0 Å². The van der Waals surface area contributed by atoms with Crippen molar-refractivity contribution in [3.63, 3.8) is 0 Å². The van der Waals surface area contributed by atoms with Gasteiger partial charge in [-0.3, -0.25) is 0 Å². The topological polar surface area (TPSA) is 80.9 Å². The number of cyclic esters (lactones) is 1. The first-order chi connectivity index (χ1) is 11.7. The Balaban J connectivity index is 1.67. The number of aliphatic imine (C=N–C) groups is 1. The van der Waals surface area contributed by atoms with E-state index in [2.05, 4.69) is 11.1 Å². The molecule has 0 spiro atoms. The molecule has 0 saturated heterocycles. The lowest BCUT2D eigenvalue weighted by molar-refractivity contribution is -0.129. The Hall–Kier alpha value is -3.59. The number of ether oxygens (including phenoxy) is 3. The lowest BCUT2D eigenvalue weighted by atomic mass is 10.1. The second-order valence-corrected chi connectivity index (χ2v) is 5.14. The summed E-state index contributed by atoms with van der Waals surface area (Å²) in [6.07, 6.45) is 1.59. The maximum Gasteiger partial charge on any atom is 0.363 e. The summed E-state index contributed by atoms with van der Waals surface area (Å²) in [5.74, 6) is 0.907. The first kappa shape index (κ1) is 14.0. The normalized spacial score (nSPS) is 16.7. The van der Waals surface area contributed by atoms with Crippen molar-refractivity contribution in [1.82, 2.24) is 0 Å². The van der Waals surface area contributed by atoms with Gasteiger partial charge in [0, 0.05) is 5.56 Å². The first-order valence-corrected chi connectivity index (χ1v) is 7.16. The van der Waals surface area contributed by atoms with Crippen LogP contribution in [0.2, 0.25) is 0 Å². The SMILES string of the molecule is N#Cc1cccc(/C=C2\N=C(c3ccc4c(c3)OCO4)OC2=O)c1. The predicted octanol–water partition coefficient (Wildman–Crippen LogP) is 2.63. The fourth-order valence-electron chi connectivity index (χ4n) is 2.42. The van der Waals surface area contributed by atoms with Crippen LogP contribution >= 0.6 is 0 Å². The Bertz CT molecular complexity index is 954. The van der Waals surface area contributed by atoms with E-state index in [4.69, 9.17) is 19.5 Å². The van der Waals surface area contributed by atoms with Crippen LogP contribution in [-0.4, -0.2) is 18.7 Å². The van der Waals surface area contributed by atoms with E-state index in [0.29, 0.717) is 28.2 Å². The molecule has 2 aromatic carbocycles. The van der Waals surface area contributed by atoms with Gasteiger partial charge in [-0.2, -0.15) is 5.26 Å². The van der Waals surface area contributed by atoms with Crippen LogP contribution in [0.25, 0.3) is 6.08 Å². The molecule has 2 aliphatic rings. The van der Waals surface area contributed by atoms with Gasteiger partial charge in [-0.05, 0) is 42.0 Å². The summed E-state index contributed by atoms with van der Waals surface area (Å²) in [7, 11) is 0. The Morgan fingerprint density at radius 1 is 1.12 bits per heavy atom. The van der Waals surface area contributed by atoms with Crippen molar-refractivity contribution in [2.75, 3.05) is 6.79 Å². The maximum absolute atomic E-state index is 12.0. The molecule has 6 heteroatoms. The van der Waals surface area contributed by atoms with E-state index in [1.165, 1.54) is 0 Å². The lowest BCUT2D eigenvalue weighted by Gasteiger charge is -2.01. The Morgan fingerprint density at radius 3 is 2.88 bits per heavy atom. The molecule has 0 aromatic heterocycles. The van der Waals surface area contributed by atoms with Crippen LogP contribution in [0.15, 0.2) is 53.2 Å². The summed E-state index contributed by atoms with van der Waals surface area (Å²) < 4.78 is 15.8. The van der Waals surface area contributed by atoms with Crippen molar-refractivity contribution >= 4 is 17.9 Å². The highest BCUT2D eigenvalue weighted by atomic mass is 16.7. The molecule has 0 atom stereocenters. The summed E-state index contributed by atoms with van der Waals surface area (Å²) >= 11 is 0. The molecular weight excluding hydrogens is 308 g/mol. The molecule has 0 unspecified atom stereocenters. The molecule has 0 saturated carbocycles. The van der Waals surface area contributed by atoms with E-state index in [-0.39, 0.29) is 18.4 Å². The van der Waals surface area contributed by atoms with Crippen LogP contribution in [0.1, 0.15) is 16.7 Å². The van der Waals surface area contributed by atoms with Gasteiger partial charge in [0.1, 0.15) is 0 Å². The van der Waals surface area contributed by atoms with E-state index in [1.54, 1.807) is 48.5 Å². The second kappa shape index (κ2) is 5.56. The minimum Gasteiger partial charge on any atom is -0.454 e. The average Bonchev–Trinajstić information content (AvgIpc) is 3.21. The highest BCUT2D eigenvalue weighted by Crippen LogP contribution is 2.33. The number of nitriles is 1. The zero-order valence-electron chi connectivity index (χ0n) is 12.4. The summed E-state index contributed by atoms with van der Waals surface area (Å²) in [6, 6.07) is 14.2. The number of esters is 1. The molecular formula is C18H10N2O4. The summed E-state index contributed by atoms with van der Waals surface area (Å²) in [4.78, 5) is 16.3. The van der Waals surface area contributed by atoms with E-state index >= 15 is 0 Å². The number of hydrogen-bond acceptors (Lipinski definition) is 6. The lowest BCUT2D eigenvalue weighted by Crippen LogP contribution is -2.05. The maximum atomic E-state index is 12.0. The van der Waals surface area contributed by atoms with E-state index in [1.807, 2.05) is 0 Å². The van der Waals surface area contributed by atoms with Crippen molar-refractivity contribution in [2.45, 2.75) is 0 Å². The minimum atomic E-state index is -0.537. The van der Waals surface area contributed by atoms with Crippen molar-refractivity contribution in [2.24, 2.45) is 4.99 Å². The fourth-order valence-corrected chi connectivity index (χ4v) is 2.42. The van der Waals surface area contributed by atoms with Crippen LogP contribution in [0.3, 0.4) is 0 Å². The predicted molar refractivity (Wildman–Crippen MR) is 84.3 cm³/mol. The smallest absolute Gasteiger partial charge is 0.363 e.